The van der Waals surface area contributed by atoms with Crippen LogP contribution in [0.3, 0.4) is 0 Å². The van der Waals surface area contributed by atoms with Gasteiger partial charge in [0.1, 0.15) is 22.6 Å². The van der Waals surface area contributed by atoms with Crippen LogP contribution in [0.15, 0.2) is 64.9 Å². The molecule has 0 bridgehead atoms. The summed E-state index contributed by atoms with van der Waals surface area (Å²) in [6.07, 6.45) is 2.81. The number of carbonyl (C=O) groups excluding carboxylic acids is 1. The third-order valence-corrected chi connectivity index (χ3v) is 7.39. The van der Waals surface area contributed by atoms with Gasteiger partial charge >= 0.3 is 0 Å². The summed E-state index contributed by atoms with van der Waals surface area (Å²) in [6, 6.07) is 14.0. The number of amides is 1. The normalized spacial score (nSPS) is 13.7. The number of likely N-dealkylation sites (N-methyl/N-ethyl adjacent to an activating group) is 1. The predicted molar refractivity (Wildman–Crippen MR) is 145 cm³/mol. The number of nitrogens with zero attached hydrogens (tertiary/aromatic N) is 7. The van der Waals surface area contributed by atoms with Crippen molar-refractivity contribution >= 4 is 51.5 Å². The summed E-state index contributed by atoms with van der Waals surface area (Å²) in [5.74, 6) is -0.00701. The summed E-state index contributed by atoms with van der Waals surface area (Å²) < 4.78 is 13.8. The minimum Gasteiger partial charge on any atom is -0.354 e. The summed E-state index contributed by atoms with van der Waals surface area (Å²) in [5, 5.41) is 16.1. The number of hydrogen-bond donors (Lipinski definition) is 2. The number of aromatic nitrogens is 4. The van der Waals surface area contributed by atoms with Crippen molar-refractivity contribution in [2.24, 2.45) is 0 Å². The van der Waals surface area contributed by atoms with E-state index in [4.69, 9.17) is 10.2 Å². The molecule has 0 aliphatic carbocycles. The van der Waals surface area contributed by atoms with Crippen LogP contribution >= 0.6 is 23.1 Å². The molecule has 1 aliphatic heterocycles. The summed E-state index contributed by atoms with van der Waals surface area (Å²) in [4.78, 5) is 35.4. The Morgan fingerprint density at radius 3 is 2.63 bits per heavy atom. The number of halogens is 1. The van der Waals surface area contributed by atoms with Crippen molar-refractivity contribution in [3.8, 4) is 6.07 Å². The maximum absolute atomic E-state index is 13.8. The molecule has 4 aromatic rings. The number of pyridine rings is 1. The smallest absolute Gasteiger partial charge is 0.260 e. The van der Waals surface area contributed by atoms with Crippen molar-refractivity contribution in [1.82, 2.24) is 24.8 Å². The van der Waals surface area contributed by atoms with Crippen LogP contribution in [0.25, 0.3) is 0 Å². The Bertz CT molecular complexity index is 1480. The van der Waals surface area contributed by atoms with E-state index in [0.717, 1.165) is 36.9 Å². The van der Waals surface area contributed by atoms with Crippen LogP contribution in [0, 0.1) is 17.3 Å². The lowest BCUT2D eigenvalue weighted by atomic mass is 10.2. The number of hydrogen-bond acceptors (Lipinski definition) is 11. The molecule has 5 rings (SSSR count). The first kappa shape index (κ1) is 25.5. The van der Waals surface area contributed by atoms with Crippen molar-refractivity contribution < 1.29 is 9.18 Å². The Kier molecular flexibility index (Phi) is 7.73. The minimum absolute atomic E-state index is 0.123. The van der Waals surface area contributed by atoms with Gasteiger partial charge in [-0.3, -0.25) is 4.79 Å². The van der Waals surface area contributed by atoms with Crippen molar-refractivity contribution in [2.75, 3.05) is 48.8 Å². The fourth-order valence-electron chi connectivity index (χ4n) is 3.68. The Balaban J connectivity index is 1.34. The number of benzene rings is 1. The van der Waals surface area contributed by atoms with Crippen molar-refractivity contribution in [1.29, 1.82) is 5.26 Å². The molecule has 192 valence electrons. The summed E-state index contributed by atoms with van der Waals surface area (Å²) >= 11 is 2.63. The zero-order chi connectivity index (χ0) is 26.5. The molecule has 0 saturated carbocycles. The second-order valence-electron chi connectivity index (χ2n) is 8.37. The van der Waals surface area contributed by atoms with Gasteiger partial charge in [0.2, 0.25) is 5.95 Å². The molecule has 0 atom stereocenters. The maximum Gasteiger partial charge on any atom is 0.260 e. The van der Waals surface area contributed by atoms with Crippen LogP contribution in [0.2, 0.25) is 0 Å². The molecule has 1 saturated heterocycles. The van der Waals surface area contributed by atoms with Gasteiger partial charge in [0, 0.05) is 49.0 Å². The standard InChI is InChI=1S/C25H22FN9OS2/c1-34-9-11-35(12-10-34)21-13-20(31-24-29-15-18(14-27)38-24)32-25(33-21)37-17-6-4-16(5-7-17)30-23(36)19-3-2-8-28-22(19)26/h2-8,13,15H,9-12H2,1H3,(H,30,36)(H,29,31,32,33). The topological polar surface area (TPSA) is 123 Å². The molecule has 13 heteroatoms. The monoisotopic (exact) mass is 547 g/mol. The van der Waals surface area contributed by atoms with E-state index in [0.29, 0.717) is 26.7 Å². The zero-order valence-corrected chi connectivity index (χ0v) is 21.9. The highest BCUT2D eigenvalue weighted by Gasteiger charge is 2.18. The summed E-state index contributed by atoms with van der Waals surface area (Å²) in [6.45, 7) is 3.56. The fourth-order valence-corrected chi connectivity index (χ4v) is 5.07. The van der Waals surface area contributed by atoms with Crippen LogP contribution in [-0.4, -0.2) is 64.0 Å². The van der Waals surface area contributed by atoms with Crippen LogP contribution < -0.4 is 15.5 Å². The third-order valence-electron chi connectivity index (χ3n) is 5.70. The van der Waals surface area contributed by atoms with Gasteiger partial charge in [0.05, 0.1) is 11.8 Å². The van der Waals surface area contributed by atoms with E-state index in [1.165, 1.54) is 47.6 Å². The predicted octanol–water partition coefficient (Wildman–Crippen LogP) is 4.24. The van der Waals surface area contributed by atoms with Crippen LogP contribution in [0.1, 0.15) is 15.2 Å². The Hall–Kier alpha value is -4.12. The molecule has 10 nitrogen and oxygen atoms in total. The fraction of sp³-hybridized carbons (Fsp3) is 0.200. The lowest BCUT2D eigenvalue weighted by molar-refractivity contribution is 0.102. The molecule has 0 radical (unpaired) electrons. The first-order valence-corrected chi connectivity index (χ1v) is 13.3. The van der Waals surface area contributed by atoms with E-state index in [2.05, 4.69) is 48.5 Å². The largest absolute Gasteiger partial charge is 0.354 e. The SMILES string of the molecule is CN1CCN(c2cc(Nc3ncc(C#N)s3)nc(Sc3ccc(NC(=O)c4cccnc4F)cc3)n2)CC1. The van der Waals surface area contributed by atoms with Crippen LogP contribution in [0.4, 0.5) is 26.8 Å². The van der Waals surface area contributed by atoms with E-state index in [-0.39, 0.29) is 5.56 Å². The molecule has 0 unspecified atom stereocenters. The molecule has 3 aromatic heterocycles. The molecule has 1 amide bonds. The van der Waals surface area contributed by atoms with E-state index in [9.17, 15) is 9.18 Å². The van der Waals surface area contributed by atoms with Crippen molar-refractivity contribution in [3.05, 3.63) is 71.2 Å². The molecule has 2 N–H and O–H groups in total. The van der Waals surface area contributed by atoms with Gasteiger partial charge in [-0.15, -0.1) is 0 Å². The quantitative estimate of drug-likeness (QED) is 0.257. The molecule has 0 spiro atoms. The number of anilines is 4. The highest BCUT2D eigenvalue weighted by molar-refractivity contribution is 7.99. The van der Waals surface area contributed by atoms with E-state index < -0.39 is 11.9 Å². The number of nitriles is 1. The van der Waals surface area contributed by atoms with E-state index in [1.807, 2.05) is 18.2 Å². The summed E-state index contributed by atoms with van der Waals surface area (Å²) in [7, 11) is 2.10. The van der Waals surface area contributed by atoms with Gasteiger partial charge in [-0.1, -0.05) is 11.3 Å². The lowest BCUT2D eigenvalue weighted by Crippen LogP contribution is -2.44. The Morgan fingerprint density at radius 1 is 1.13 bits per heavy atom. The third kappa shape index (κ3) is 6.23. The Labute approximate surface area is 226 Å². The molecule has 1 fully saturated rings. The van der Waals surface area contributed by atoms with Gasteiger partial charge in [0.15, 0.2) is 10.3 Å². The van der Waals surface area contributed by atoms with Crippen molar-refractivity contribution in [3.63, 3.8) is 0 Å². The van der Waals surface area contributed by atoms with Gasteiger partial charge in [0.25, 0.3) is 5.91 Å². The first-order chi connectivity index (χ1) is 18.5. The second kappa shape index (κ2) is 11.5. The second-order valence-corrected chi connectivity index (χ2v) is 10.4. The van der Waals surface area contributed by atoms with Crippen LogP contribution in [-0.2, 0) is 0 Å². The average Bonchev–Trinajstić information content (AvgIpc) is 3.38. The molecular formula is C25H22FN9OS2. The van der Waals surface area contributed by atoms with Gasteiger partial charge in [-0.05, 0) is 55.2 Å². The van der Waals surface area contributed by atoms with E-state index >= 15 is 0 Å². The molecule has 1 aliphatic rings. The van der Waals surface area contributed by atoms with Gasteiger partial charge < -0.3 is 20.4 Å². The average molecular weight is 548 g/mol. The summed E-state index contributed by atoms with van der Waals surface area (Å²) in [5.41, 5.74) is 0.399. The Morgan fingerprint density at radius 2 is 1.92 bits per heavy atom. The minimum atomic E-state index is -0.819. The highest BCUT2D eigenvalue weighted by atomic mass is 32.2. The maximum atomic E-state index is 13.8. The molecule has 4 heterocycles. The molecule has 38 heavy (non-hydrogen) atoms. The van der Waals surface area contributed by atoms with Crippen molar-refractivity contribution in [2.45, 2.75) is 10.1 Å². The highest BCUT2D eigenvalue weighted by Crippen LogP contribution is 2.31. The number of carbonyl (C=O) groups is 1. The van der Waals surface area contributed by atoms with Gasteiger partial charge in [-0.2, -0.15) is 9.65 Å². The first-order valence-electron chi connectivity index (χ1n) is 11.6. The number of nitrogens with one attached hydrogen (secondary N) is 2. The molecule has 1 aromatic carbocycles. The number of piperazine rings is 1. The lowest BCUT2D eigenvalue weighted by Gasteiger charge is -2.33. The van der Waals surface area contributed by atoms with Crippen LogP contribution in [0.5, 0.6) is 0 Å². The molecular weight excluding hydrogens is 525 g/mol. The number of thiazole rings is 1. The van der Waals surface area contributed by atoms with Gasteiger partial charge in [-0.25, -0.2) is 19.9 Å². The van der Waals surface area contributed by atoms with E-state index in [1.54, 1.807) is 12.1 Å². The zero-order valence-electron chi connectivity index (χ0n) is 20.3. The number of rotatable bonds is 7.